The monoisotopic (exact) mass is 452 g/mol. The van der Waals surface area contributed by atoms with Crippen LogP contribution in [0, 0.1) is 5.82 Å². The zero-order valence-corrected chi connectivity index (χ0v) is 20.5. The van der Waals surface area contributed by atoms with Gasteiger partial charge in [0.1, 0.15) is 11.6 Å². The van der Waals surface area contributed by atoms with Crippen molar-refractivity contribution in [2.24, 2.45) is 7.05 Å². The van der Waals surface area contributed by atoms with Crippen molar-refractivity contribution in [2.75, 3.05) is 19.1 Å². The second kappa shape index (κ2) is 8.41. The molecule has 1 aromatic carbocycles. The third-order valence-electron chi connectivity index (χ3n) is 6.30. The summed E-state index contributed by atoms with van der Waals surface area (Å²) in [5.41, 5.74) is 2.31. The molecule has 0 bridgehead atoms. The molecule has 0 spiro atoms. The lowest BCUT2D eigenvalue weighted by atomic mass is 9.79. The van der Waals surface area contributed by atoms with Crippen LogP contribution in [-0.4, -0.2) is 51.3 Å². The van der Waals surface area contributed by atoms with Gasteiger partial charge < -0.3 is 15.0 Å². The summed E-state index contributed by atoms with van der Waals surface area (Å²) in [6.45, 7) is 8.92. The smallest absolute Gasteiger partial charge is 0.151 e. The predicted molar refractivity (Wildman–Crippen MR) is 129 cm³/mol. The van der Waals surface area contributed by atoms with E-state index in [1.807, 2.05) is 19.3 Å². The maximum atomic E-state index is 15.2. The van der Waals surface area contributed by atoms with Crippen molar-refractivity contribution in [3.8, 4) is 28.1 Å². The first kappa shape index (κ1) is 23.2. The molecule has 1 N–H and O–H groups in total. The van der Waals surface area contributed by atoms with Crippen molar-refractivity contribution >= 4 is 5.82 Å². The largest absolute Gasteiger partial charge is 0.496 e. The van der Waals surface area contributed by atoms with Crippen LogP contribution in [0.15, 0.2) is 36.7 Å². The van der Waals surface area contributed by atoms with Crippen LogP contribution in [0.3, 0.4) is 0 Å². The fraction of sp³-hybridized carbons (Fsp3) is 0.480. The summed E-state index contributed by atoms with van der Waals surface area (Å²) < 4.78 is 22.4. The molecule has 1 saturated heterocycles. The molecule has 0 saturated carbocycles. The van der Waals surface area contributed by atoms with E-state index in [2.05, 4.69) is 60.3 Å². The Morgan fingerprint density at radius 1 is 1.09 bits per heavy atom. The topological polar surface area (TPSA) is 68.1 Å². The first-order chi connectivity index (χ1) is 15.5. The number of rotatable bonds is 5. The summed E-state index contributed by atoms with van der Waals surface area (Å²) >= 11 is 0. The Labute approximate surface area is 195 Å². The van der Waals surface area contributed by atoms with E-state index in [1.165, 1.54) is 13.2 Å². The summed E-state index contributed by atoms with van der Waals surface area (Å²) in [6, 6.07) is 7.31. The number of nitrogens with one attached hydrogen (secondary N) is 1. The molecule has 8 heteroatoms. The van der Waals surface area contributed by atoms with Gasteiger partial charge in [-0.2, -0.15) is 5.10 Å². The fourth-order valence-electron chi connectivity index (χ4n) is 5.10. The SMILES string of the molecule is COc1cc(-c2cnn(C)c2)cc(F)c1-c1ccc(N(C)C2CC(C)(C)NC(C)(C)C2)nn1. The van der Waals surface area contributed by atoms with E-state index >= 15 is 4.39 Å². The Morgan fingerprint density at radius 3 is 2.33 bits per heavy atom. The minimum Gasteiger partial charge on any atom is -0.496 e. The van der Waals surface area contributed by atoms with Crippen molar-refractivity contribution in [1.29, 1.82) is 0 Å². The number of nitrogens with zero attached hydrogens (tertiary/aromatic N) is 5. The van der Waals surface area contributed by atoms with Crippen molar-refractivity contribution in [2.45, 2.75) is 57.7 Å². The Balaban J connectivity index is 1.62. The number of halogens is 1. The predicted octanol–water partition coefficient (Wildman–Crippen LogP) is 4.44. The molecule has 0 atom stereocenters. The molecule has 33 heavy (non-hydrogen) atoms. The van der Waals surface area contributed by atoms with Gasteiger partial charge in [-0.15, -0.1) is 10.2 Å². The summed E-state index contributed by atoms with van der Waals surface area (Å²) in [7, 11) is 5.41. The van der Waals surface area contributed by atoms with Crippen molar-refractivity contribution in [1.82, 2.24) is 25.3 Å². The molecule has 1 aliphatic heterocycles. The number of piperidine rings is 1. The highest BCUT2D eigenvalue weighted by Crippen LogP contribution is 2.37. The zero-order valence-electron chi connectivity index (χ0n) is 20.5. The molecule has 0 aliphatic carbocycles. The number of hydrogen-bond acceptors (Lipinski definition) is 6. The summed E-state index contributed by atoms with van der Waals surface area (Å²) in [6.07, 6.45) is 5.52. The van der Waals surface area contributed by atoms with Crippen LogP contribution in [-0.2, 0) is 7.05 Å². The van der Waals surface area contributed by atoms with Crippen LogP contribution < -0.4 is 15.0 Å². The molecule has 176 valence electrons. The zero-order chi connectivity index (χ0) is 24.0. The highest BCUT2D eigenvalue weighted by molar-refractivity contribution is 5.75. The quantitative estimate of drug-likeness (QED) is 0.617. The van der Waals surface area contributed by atoms with Crippen molar-refractivity contribution < 1.29 is 9.13 Å². The van der Waals surface area contributed by atoms with Gasteiger partial charge in [0.25, 0.3) is 0 Å². The van der Waals surface area contributed by atoms with Crippen molar-refractivity contribution in [3.05, 3.63) is 42.5 Å². The Hall–Kier alpha value is -3.00. The van der Waals surface area contributed by atoms with E-state index in [-0.39, 0.29) is 11.1 Å². The number of aryl methyl sites for hydroxylation is 1. The van der Waals surface area contributed by atoms with Crippen LogP contribution in [0.1, 0.15) is 40.5 Å². The lowest BCUT2D eigenvalue weighted by molar-refractivity contribution is 0.160. The number of ether oxygens (including phenoxy) is 1. The molecular weight excluding hydrogens is 419 g/mol. The number of aromatic nitrogens is 4. The fourth-order valence-corrected chi connectivity index (χ4v) is 5.10. The van der Waals surface area contributed by atoms with E-state index in [0.717, 1.165) is 24.2 Å². The lowest BCUT2D eigenvalue weighted by Crippen LogP contribution is -2.62. The normalized spacial score (nSPS) is 17.7. The summed E-state index contributed by atoms with van der Waals surface area (Å²) in [4.78, 5) is 2.18. The van der Waals surface area contributed by atoms with Crippen LogP contribution >= 0.6 is 0 Å². The van der Waals surface area contributed by atoms with Gasteiger partial charge in [0, 0.05) is 43.0 Å². The van der Waals surface area contributed by atoms with Gasteiger partial charge >= 0.3 is 0 Å². The average molecular weight is 453 g/mol. The number of hydrogen-bond donors (Lipinski definition) is 1. The molecule has 2 aromatic heterocycles. The third-order valence-corrected chi connectivity index (χ3v) is 6.30. The van der Waals surface area contributed by atoms with Crippen molar-refractivity contribution in [3.63, 3.8) is 0 Å². The first-order valence-electron chi connectivity index (χ1n) is 11.2. The Morgan fingerprint density at radius 2 is 1.79 bits per heavy atom. The molecule has 0 unspecified atom stereocenters. The van der Waals surface area contributed by atoms with Crippen LogP contribution in [0.5, 0.6) is 5.75 Å². The van der Waals surface area contributed by atoms with Gasteiger partial charge in [-0.1, -0.05) is 0 Å². The highest BCUT2D eigenvalue weighted by atomic mass is 19.1. The molecule has 0 radical (unpaired) electrons. The number of methoxy groups -OCH3 is 1. The van der Waals surface area contributed by atoms with E-state index < -0.39 is 5.82 Å². The standard InChI is InChI=1S/C25H33FN6O/c1-24(2)12-18(13-25(3,4)30-24)32(6)22-9-8-20(28-29-22)23-19(26)10-16(11-21(23)33-7)17-14-27-31(5)15-17/h8-11,14-15,18,30H,12-13H2,1-7H3. The van der Waals surface area contributed by atoms with Gasteiger partial charge in [0.2, 0.25) is 0 Å². The summed E-state index contributed by atoms with van der Waals surface area (Å²) in [5.74, 6) is 0.764. The van der Waals surface area contributed by atoms with Gasteiger partial charge in [0.05, 0.1) is 24.6 Å². The van der Waals surface area contributed by atoms with Crippen LogP contribution in [0.2, 0.25) is 0 Å². The van der Waals surface area contributed by atoms with E-state index in [9.17, 15) is 0 Å². The van der Waals surface area contributed by atoms with Crippen LogP contribution in [0.4, 0.5) is 10.2 Å². The van der Waals surface area contributed by atoms with Gasteiger partial charge in [0.15, 0.2) is 5.82 Å². The second-order valence-electron chi connectivity index (χ2n) is 10.3. The highest BCUT2D eigenvalue weighted by Gasteiger charge is 2.39. The molecule has 1 fully saturated rings. The minimum absolute atomic E-state index is 0.0283. The lowest BCUT2D eigenvalue weighted by Gasteiger charge is -2.49. The molecule has 3 heterocycles. The summed E-state index contributed by atoms with van der Waals surface area (Å²) in [5, 5.41) is 16.7. The molecule has 4 rings (SSSR count). The molecule has 3 aromatic rings. The molecule has 7 nitrogen and oxygen atoms in total. The molecule has 1 aliphatic rings. The van der Waals surface area contributed by atoms with Gasteiger partial charge in [-0.05, 0) is 70.4 Å². The maximum Gasteiger partial charge on any atom is 0.151 e. The van der Waals surface area contributed by atoms with Crippen LogP contribution in [0.25, 0.3) is 22.4 Å². The molecule has 0 amide bonds. The Kier molecular flexibility index (Phi) is 5.90. The number of benzene rings is 1. The second-order valence-corrected chi connectivity index (χ2v) is 10.3. The van der Waals surface area contributed by atoms with E-state index in [4.69, 9.17) is 4.74 Å². The first-order valence-corrected chi connectivity index (χ1v) is 11.2. The minimum atomic E-state index is -0.412. The Bertz CT molecular complexity index is 1120. The number of anilines is 1. The van der Waals surface area contributed by atoms with Gasteiger partial charge in [-0.3, -0.25) is 4.68 Å². The van der Waals surface area contributed by atoms with E-state index in [1.54, 1.807) is 23.0 Å². The third kappa shape index (κ3) is 4.85. The average Bonchev–Trinajstić information content (AvgIpc) is 3.17. The van der Waals surface area contributed by atoms with E-state index in [0.29, 0.717) is 28.6 Å². The maximum absolute atomic E-state index is 15.2. The van der Waals surface area contributed by atoms with Gasteiger partial charge in [-0.25, -0.2) is 4.39 Å². The molecular formula is C25H33FN6O.